The molecule has 1 saturated carbocycles. The van der Waals surface area contributed by atoms with Gasteiger partial charge in [0.2, 0.25) is 15.9 Å². The van der Waals surface area contributed by atoms with Gasteiger partial charge >= 0.3 is 0 Å². The Bertz CT molecular complexity index is 1260. The fourth-order valence-electron chi connectivity index (χ4n) is 4.89. The first kappa shape index (κ1) is 28.3. The van der Waals surface area contributed by atoms with Crippen molar-refractivity contribution in [3.05, 3.63) is 82.6 Å². The van der Waals surface area contributed by atoms with Crippen LogP contribution in [0.15, 0.2) is 77.0 Å². The third-order valence-corrected chi connectivity index (χ3v) is 9.72. The molecule has 2 aromatic carbocycles. The highest BCUT2D eigenvalue weighted by atomic mass is 32.2. The number of nitrogens with one attached hydrogen (secondary N) is 1. The average Bonchev–Trinajstić information content (AvgIpc) is 3.46. The minimum absolute atomic E-state index is 0.0647. The van der Waals surface area contributed by atoms with Crippen LogP contribution in [0.3, 0.4) is 0 Å². The third kappa shape index (κ3) is 7.44. The first-order valence-electron chi connectivity index (χ1n) is 13.1. The van der Waals surface area contributed by atoms with Gasteiger partial charge in [-0.2, -0.15) is 4.31 Å². The standard InChI is InChI=1S/C29H36N2O5S2/c1-36-24-14-8-16-26(19-24)38(34,35)31(20-25-15-9-17-37-25)21-28(32)27(18-22-10-4-2-5-11-22)30-29(33)23-12-6-3-7-13-23/h2,4-5,8-11,14-17,19,23,27-28,32H,3,6-7,12-13,18,20-21H2,1H3,(H,30,33). The number of carbonyl (C=O) groups excluding carboxylic acids is 1. The van der Waals surface area contributed by atoms with Crippen LogP contribution in [0, 0.1) is 5.92 Å². The molecule has 1 amide bonds. The van der Waals surface area contributed by atoms with Crippen molar-refractivity contribution in [3.8, 4) is 5.75 Å². The zero-order chi connectivity index (χ0) is 27.0. The van der Waals surface area contributed by atoms with Gasteiger partial charge in [0.05, 0.1) is 24.2 Å². The summed E-state index contributed by atoms with van der Waals surface area (Å²) in [6.07, 6.45) is 4.15. The van der Waals surface area contributed by atoms with Crippen LogP contribution < -0.4 is 10.1 Å². The smallest absolute Gasteiger partial charge is 0.243 e. The number of hydrogen-bond acceptors (Lipinski definition) is 6. The van der Waals surface area contributed by atoms with Gasteiger partial charge in [-0.3, -0.25) is 4.79 Å². The Kier molecular flexibility index (Phi) is 9.96. The predicted molar refractivity (Wildman–Crippen MR) is 150 cm³/mol. The number of methoxy groups -OCH3 is 1. The molecule has 7 nitrogen and oxygen atoms in total. The quantitative estimate of drug-likeness (QED) is 0.340. The van der Waals surface area contributed by atoms with E-state index in [-0.39, 0.29) is 29.8 Å². The van der Waals surface area contributed by atoms with Crippen molar-refractivity contribution in [1.82, 2.24) is 9.62 Å². The molecule has 38 heavy (non-hydrogen) atoms. The molecule has 1 aliphatic rings. The summed E-state index contributed by atoms with van der Waals surface area (Å²) >= 11 is 1.46. The maximum absolute atomic E-state index is 13.8. The van der Waals surface area contributed by atoms with E-state index in [0.717, 1.165) is 42.5 Å². The van der Waals surface area contributed by atoms with Crippen molar-refractivity contribution < 1.29 is 23.1 Å². The Balaban J connectivity index is 1.60. The van der Waals surface area contributed by atoms with Gasteiger partial charge in [-0.25, -0.2) is 8.42 Å². The second-order valence-electron chi connectivity index (χ2n) is 9.76. The number of aliphatic hydroxyl groups excluding tert-OH is 1. The fourth-order valence-corrected chi connectivity index (χ4v) is 7.16. The van der Waals surface area contributed by atoms with Crippen molar-refractivity contribution in [2.75, 3.05) is 13.7 Å². The molecule has 0 spiro atoms. The average molecular weight is 557 g/mol. The van der Waals surface area contributed by atoms with E-state index < -0.39 is 22.2 Å². The predicted octanol–water partition coefficient (Wildman–Crippen LogP) is 4.62. The third-order valence-electron chi connectivity index (χ3n) is 7.05. The summed E-state index contributed by atoms with van der Waals surface area (Å²) in [6, 6.07) is 19.1. The van der Waals surface area contributed by atoms with E-state index in [1.54, 1.807) is 12.1 Å². The first-order chi connectivity index (χ1) is 18.4. The summed E-state index contributed by atoms with van der Waals surface area (Å²) in [5.74, 6) is 0.298. The lowest BCUT2D eigenvalue weighted by Crippen LogP contribution is -2.51. The lowest BCUT2D eigenvalue weighted by molar-refractivity contribution is -0.127. The largest absolute Gasteiger partial charge is 0.497 e. The number of thiophene rings is 1. The van der Waals surface area contributed by atoms with E-state index in [9.17, 15) is 18.3 Å². The second kappa shape index (κ2) is 13.4. The SMILES string of the molecule is COc1cccc(S(=O)(=O)N(Cc2cccs2)CC(O)C(Cc2ccccc2)NC(=O)C2CCCCC2)c1. The zero-order valence-corrected chi connectivity index (χ0v) is 23.3. The minimum Gasteiger partial charge on any atom is -0.497 e. The second-order valence-corrected chi connectivity index (χ2v) is 12.7. The van der Waals surface area contributed by atoms with E-state index in [2.05, 4.69) is 5.32 Å². The van der Waals surface area contributed by atoms with Crippen LogP contribution in [0.5, 0.6) is 5.75 Å². The molecule has 1 aromatic heterocycles. The lowest BCUT2D eigenvalue weighted by Gasteiger charge is -2.31. The van der Waals surface area contributed by atoms with Gasteiger partial charge in [-0.15, -0.1) is 11.3 Å². The molecule has 9 heteroatoms. The fraction of sp³-hybridized carbons (Fsp3) is 0.414. The molecule has 0 aliphatic heterocycles. The Labute approximate surface area is 229 Å². The number of amides is 1. The van der Waals surface area contributed by atoms with Gasteiger partial charge in [0.15, 0.2) is 0 Å². The molecule has 3 aromatic rings. The van der Waals surface area contributed by atoms with Crippen LogP contribution in [-0.2, 0) is 27.8 Å². The Hall–Kier alpha value is -2.72. The molecular formula is C29H36N2O5S2. The highest BCUT2D eigenvalue weighted by Gasteiger charge is 2.32. The number of ether oxygens (including phenoxy) is 1. The summed E-state index contributed by atoms with van der Waals surface area (Å²) < 4.78 is 34.1. The van der Waals surface area contributed by atoms with E-state index in [1.807, 2.05) is 47.8 Å². The van der Waals surface area contributed by atoms with Crippen LogP contribution in [0.2, 0.25) is 0 Å². The molecule has 204 valence electrons. The molecule has 1 fully saturated rings. The Morgan fingerprint density at radius 2 is 1.84 bits per heavy atom. The number of carbonyl (C=O) groups is 1. The van der Waals surface area contributed by atoms with Crippen LogP contribution >= 0.6 is 11.3 Å². The minimum atomic E-state index is -3.97. The maximum Gasteiger partial charge on any atom is 0.243 e. The van der Waals surface area contributed by atoms with E-state index in [1.165, 1.54) is 34.9 Å². The topological polar surface area (TPSA) is 95.9 Å². The van der Waals surface area contributed by atoms with Crippen LogP contribution in [-0.4, -0.2) is 49.5 Å². The summed E-state index contributed by atoms with van der Waals surface area (Å²) in [5, 5.41) is 16.5. The highest BCUT2D eigenvalue weighted by molar-refractivity contribution is 7.89. The van der Waals surface area contributed by atoms with Crippen molar-refractivity contribution in [2.24, 2.45) is 5.92 Å². The molecular weight excluding hydrogens is 520 g/mol. The summed E-state index contributed by atoms with van der Waals surface area (Å²) in [6.45, 7) is -0.0528. The van der Waals surface area contributed by atoms with Crippen molar-refractivity contribution in [2.45, 2.75) is 62.1 Å². The maximum atomic E-state index is 13.8. The number of sulfonamides is 1. The molecule has 2 atom stereocenters. The van der Waals surface area contributed by atoms with Crippen molar-refractivity contribution in [3.63, 3.8) is 0 Å². The normalized spacial score (nSPS) is 16.2. The summed E-state index contributed by atoms with van der Waals surface area (Å²) in [4.78, 5) is 14.1. The van der Waals surface area contributed by atoms with Gasteiger partial charge in [-0.05, 0) is 48.4 Å². The highest BCUT2D eigenvalue weighted by Crippen LogP contribution is 2.26. The van der Waals surface area contributed by atoms with Crippen molar-refractivity contribution >= 4 is 27.3 Å². The lowest BCUT2D eigenvalue weighted by atomic mass is 9.88. The van der Waals surface area contributed by atoms with Gasteiger partial charge in [0.25, 0.3) is 0 Å². The van der Waals surface area contributed by atoms with E-state index in [0.29, 0.717) is 12.2 Å². The summed E-state index contributed by atoms with van der Waals surface area (Å²) in [7, 11) is -2.48. The monoisotopic (exact) mass is 556 g/mol. The molecule has 2 unspecified atom stereocenters. The number of benzene rings is 2. The van der Waals surface area contributed by atoms with E-state index >= 15 is 0 Å². The van der Waals surface area contributed by atoms with Crippen molar-refractivity contribution in [1.29, 1.82) is 0 Å². The van der Waals surface area contributed by atoms with E-state index in [4.69, 9.17) is 4.74 Å². The zero-order valence-electron chi connectivity index (χ0n) is 21.7. The van der Waals surface area contributed by atoms with Gasteiger partial charge in [-0.1, -0.05) is 61.7 Å². The van der Waals surface area contributed by atoms with Crippen LogP contribution in [0.25, 0.3) is 0 Å². The molecule has 1 heterocycles. The number of rotatable bonds is 12. The van der Waals surface area contributed by atoms with Crippen LogP contribution in [0.1, 0.15) is 42.5 Å². The molecule has 0 bridgehead atoms. The van der Waals surface area contributed by atoms with Gasteiger partial charge in [0, 0.05) is 30.0 Å². The molecule has 1 aliphatic carbocycles. The number of aliphatic hydroxyl groups is 1. The first-order valence-corrected chi connectivity index (χ1v) is 15.4. The van der Waals surface area contributed by atoms with Crippen LogP contribution in [0.4, 0.5) is 0 Å². The molecule has 2 N–H and O–H groups in total. The molecule has 0 radical (unpaired) electrons. The number of nitrogens with zero attached hydrogens (tertiary/aromatic N) is 1. The molecule has 4 rings (SSSR count). The number of hydrogen-bond donors (Lipinski definition) is 2. The van der Waals surface area contributed by atoms with Gasteiger partial charge in [0.1, 0.15) is 5.75 Å². The Morgan fingerprint density at radius 3 is 2.53 bits per heavy atom. The van der Waals surface area contributed by atoms with Gasteiger partial charge < -0.3 is 15.2 Å². The Morgan fingerprint density at radius 1 is 1.08 bits per heavy atom. The molecule has 0 saturated heterocycles. The summed E-state index contributed by atoms with van der Waals surface area (Å²) in [5.41, 5.74) is 0.959.